The number of nitrogens with zero attached hydrogens (tertiary/aromatic N) is 1. The van der Waals surface area contributed by atoms with Crippen LogP contribution in [-0.4, -0.2) is 47.9 Å². The van der Waals surface area contributed by atoms with Gasteiger partial charge in [0.05, 0.1) is 19.2 Å². The van der Waals surface area contributed by atoms with E-state index in [1.165, 1.54) is 23.1 Å². The molecule has 0 aromatic heterocycles. The Morgan fingerprint density at radius 1 is 1.33 bits per heavy atom. The van der Waals surface area contributed by atoms with Crippen LogP contribution in [0.1, 0.15) is 34.1 Å². The molecule has 1 aromatic carbocycles. The maximum absolute atomic E-state index is 13.4. The molecule has 1 amide bonds. The Labute approximate surface area is 158 Å². The molecule has 0 unspecified atom stereocenters. The fourth-order valence-electron chi connectivity index (χ4n) is 2.74. The van der Waals surface area contributed by atoms with Crippen molar-refractivity contribution in [1.29, 1.82) is 0 Å². The maximum Gasteiger partial charge on any atom is 0.410 e. The van der Waals surface area contributed by atoms with Crippen molar-refractivity contribution >= 4 is 12.1 Å². The monoisotopic (exact) mass is 379 g/mol. The lowest BCUT2D eigenvalue weighted by molar-refractivity contribution is -0.137. The molecule has 148 valence electrons. The van der Waals surface area contributed by atoms with E-state index in [1.54, 1.807) is 45.9 Å². The fourth-order valence-corrected chi connectivity index (χ4v) is 2.74. The first-order valence-corrected chi connectivity index (χ1v) is 8.94. The summed E-state index contributed by atoms with van der Waals surface area (Å²) in [7, 11) is 0. The number of likely N-dealkylation sites (tertiary alicyclic amines) is 1. The second kappa shape index (κ2) is 8.88. The zero-order valence-corrected chi connectivity index (χ0v) is 16.1. The van der Waals surface area contributed by atoms with Gasteiger partial charge in [-0.1, -0.05) is 12.1 Å². The van der Waals surface area contributed by atoms with E-state index in [0.717, 1.165) is 0 Å². The summed E-state index contributed by atoms with van der Waals surface area (Å²) in [5, 5.41) is 0. The van der Waals surface area contributed by atoms with Gasteiger partial charge >= 0.3 is 12.1 Å². The molecule has 1 fully saturated rings. The molecule has 0 N–H and O–H groups in total. The number of esters is 1. The Morgan fingerprint density at radius 2 is 2.07 bits per heavy atom. The van der Waals surface area contributed by atoms with Gasteiger partial charge in [0, 0.05) is 18.6 Å². The smallest absolute Gasteiger partial charge is 0.410 e. The van der Waals surface area contributed by atoms with Crippen LogP contribution in [0, 0.1) is 5.82 Å². The van der Waals surface area contributed by atoms with E-state index >= 15 is 0 Å². The van der Waals surface area contributed by atoms with Crippen LogP contribution >= 0.6 is 0 Å². The van der Waals surface area contributed by atoms with Gasteiger partial charge in [-0.15, -0.1) is 0 Å². The molecule has 1 aliphatic heterocycles. The number of amides is 1. The average molecular weight is 379 g/mol. The Morgan fingerprint density at radius 3 is 2.70 bits per heavy atom. The molecule has 7 heteroatoms. The first kappa shape index (κ1) is 20.7. The number of hydrogen-bond acceptors (Lipinski definition) is 5. The predicted octanol–water partition coefficient (Wildman–Crippen LogP) is 3.70. The summed E-state index contributed by atoms with van der Waals surface area (Å²) >= 11 is 0. The lowest BCUT2D eigenvalue weighted by atomic mass is 10.2. The maximum atomic E-state index is 13.4. The highest BCUT2D eigenvalue weighted by Crippen LogP contribution is 2.26. The number of carbonyl (C=O) groups is 2. The van der Waals surface area contributed by atoms with Crippen molar-refractivity contribution in [2.75, 3.05) is 13.2 Å². The topological polar surface area (TPSA) is 65.1 Å². The highest BCUT2D eigenvalue weighted by Gasteiger charge is 2.37. The third kappa shape index (κ3) is 6.58. The third-order valence-electron chi connectivity index (χ3n) is 3.77. The zero-order chi connectivity index (χ0) is 20.0. The van der Waals surface area contributed by atoms with Gasteiger partial charge in [0.15, 0.2) is 0 Å². The van der Waals surface area contributed by atoms with Crippen molar-refractivity contribution in [1.82, 2.24) is 4.90 Å². The molecule has 1 heterocycles. The SMILES string of the molecule is CCOC(=O)/C=C/[C@@H]1C[C@H](Oc2cccc(F)c2)CN1C(=O)OC(C)(C)C. The Bertz CT molecular complexity index is 698. The standard InChI is InChI=1S/C20H26FNO5/c1-5-25-18(23)10-9-15-12-17(26-16-8-6-7-14(21)11-16)13-22(15)19(24)27-20(2,3)4/h6-11,15,17H,5,12-13H2,1-4H3/b10-9+/t15-,17+/m1/s1. The molecule has 0 bridgehead atoms. The second-order valence-electron chi connectivity index (χ2n) is 7.24. The Kier molecular flexibility index (Phi) is 6.82. The first-order chi connectivity index (χ1) is 12.7. The van der Waals surface area contributed by atoms with E-state index in [4.69, 9.17) is 14.2 Å². The summed E-state index contributed by atoms with van der Waals surface area (Å²) in [5.41, 5.74) is -0.645. The van der Waals surface area contributed by atoms with Gasteiger partial charge < -0.3 is 14.2 Å². The second-order valence-corrected chi connectivity index (χ2v) is 7.24. The van der Waals surface area contributed by atoms with Crippen molar-refractivity contribution in [3.05, 3.63) is 42.2 Å². The van der Waals surface area contributed by atoms with E-state index in [9.17, 15) is 14.0 Å². The molecule has 0 radical (unpaired) electrons. The minimum Gasteiger partial charge on any atom is -0.488 e. The average Bonchev–Trinajstić information content (AvgIpc) is 2.94. The first-order valence-electron chi connectivity index (χ1n) is 8.94. The number of benzene rings is 1. The van der Waals surface area contributed by atoms with Crippen LogP contribution in [0.2, 0.25) is 0 Å². The van der Waals surface area contributed by atoms with Crippen molar-refractivity contribution in [3.8, 4) is 5.75 Å². The third-order valence-corrected chi connectivity index (χ3v) is 3.77. The molecule has 27 heavy (non-hydrogen) atoms. The Balaban J connectivity index is 2.12. The summed E-state index contributed by atoms with van der Waals surface area (Å²) in [5.74, 6) is -0.483. The highest BCUT2D eigenvalue weighted by molar-refractivity contribution is 5.82. The summed E-state index contributed by atoms with van der Waals surface area (Å²) in [6.45, 7) is 7.61. The molecular formula is C20H26FNO5. The largest absolute Gasteiger partial charge is 0.488 e. The molecular weight excluding hydrogens is 353 g/mol. The van der Waals surface area contributed by atoms with E-state index < -0.39 is 23.5 Å². The van der Waals surface area contributed by atoms with E-state index in [2.05, 4.69) is 0 Å². The van der Waals surface area contributed by atoms with Crippen LogP contribution < -0.4 is 4.74 Å². The van der Waals surface area contributed by atoms with Crippen LogP contribution in [0.25, 0.3) is 0 Å². The summed E-state index contributed by atoms with van der Waals surface area (Å²) < 4.78 is 29.5. The predicted molar refractivity (Wildman–Crippen MR) is 97.9 cm³/mol. The summed E-state index contributed by atoms with van der Waals surface area (Å²) in [6, 6.07) is 5.45. The van der Waals surface area contributed by atoms with Crippen LogP contribution in [0.3, 0.4) is 0 Å². The number of carbonyl (C=O) groups excluding carboxylic acids is 2. The zero-order valence-electron chi connectivity index (χ0n) is 16.1. The van der Waals surface area contributed by atoms with Gasteiger partial charge in [-0.05, 0) is 39.8 Å². The number of halogens is 1. The van der Waals surface area contributed by atoms with Gasteiger partial charge in [-0.2, -0.15) is 0 Å². The minimum absolute atomic E-state index is 0.267. The van der Waals surface area contributed by atoms with Crippen LogP contribution in [0.5, 0.6) is 5.75 Å². The fraction of sp³-hybridized carbons (Fsp3) is 0.500. The normalized spacial score (nSPS) is 20.0. The van der Waals surface area contributed by atoms with Crippen molar-refractivity contribution in [3.63, 3.8) is 0 Å². The van der Waals surface area contributed by atoms with Gasteiger partial charge in [-0.3, -0.25) is 4.90 Å². The van der Waals surface area contributed by atoms with Gasteiger partial charge in [0.25, 0.3) is 0 Å². The van der Waals surface area contributed by atoms with Crippen LogP contribution in [0.4, 0.5) is 9.18 Å². The minimum atomic E-state index is -0.645. The van der Waals surface area contributed by atoms with Gasteiger partial charge in [-0.25, -0.2) is 14.0 Å². The molecule has 2 atom stereocenters. The molecule has 2 rings (SSSR count). The number of ether oxygens (including phenoxy) is 3. The van der Waals surface area contributed by atoms with E-state index in [0.29, 0.717) is 12.2 Å². The van der Waals surface area contributed by atoms with Crippen molar-refractivity contribution in [2.45, 2.75) is 51.9 Å². The molecule has 0 saturated carbocycles. The molecule has 0 aliphatic carbocycles. The van der Waals surface area contributed by atoms with Crippen LogP contribution in [-0.2, 0) is 14.3 Å². The summed E-state index contributed by atoms with van der Waals surface area (Å²) in [4.78, 5) is 25.6. The molecule has 1 aromatic rings. The summed E-state index contributed by atoms with van der Waals surface area (Å²) in [6.07, 6.45) is 2.51. The Hall–Kier alpha value is -2.57. The lowest BCUT2D eigenvalue weighted by Crippen LogP contribution is -2.39. The highest BCUT2D eigenvalue weighted by atomic mass is 19.1. The van der Waals surface area contributed by atoms with Gasteiger partial charge in [0.1, 0.15) is 23.3 Å². The lowest BCUT2D eigenvalue weighted by Gasteiger charge is -2.27. The quantitative estimate of drug-likeness (QED) is 0.576. The van der Waals surface area contributed by atoms with Crippen molar-refractivity contribution < 1.29 is 28.2 Å². The number of hydrogen-bond donors (Lipinski definition) is 0. The number of rotatable bonds is 5. The molecule has 6 nitrogen and oxygen atoms in total. The molecule has 1 aliphatic rings. The van der Waals surface area contributed by atoms with Crippen LogP contribution in [0.15, 0.2) is 36.4 Å². The van der Waals surface area contributed by atoms with E-state index in [-0.39, 0.29) is 25.3 Å². The van der Waals surface area contributed by atoms with Crippen molar-refractivity contribution in [2.24, 2.45) is 0 Å². The molecule has 0 spiro atoms. The van der Waals surface area contributed by atoms with E-state index in [1.807, 2.05) is 0 Å². The molecule has 1 saturated heterocycles. The van der Waals surface area contributed by atoms with Gasteiger partial charge in [0.2, 0.25) is 0 Å².